The van der Waals surface area contributed by atoms with Gasteiger partial charge in [0.1, 0.15) is 5.75 Å². The van der Waals surface area contributed by atoms with E-state index in [1.54, 1.807) is 30.6 Å². The van der Waals surface area contributed by atoms with Crippen LogP contribution >= 0.6 is 23.5 Å². The van der Waals surface area contributed by atoms with Crippen LogP contribution in [0, 0.1) is 6.92 Å². The van der Waals surface area contributed by atoms with Gasteiger partial charge in [0, 0.05) is 16.2 Å². The first-order valence-electron chi connectivity index (χ1n) is 9.37. The number of aryl methyl sites for hydroxylation is 1. The average Bonchev–Trinajstić information content (AvgIpc) is 2.94. The molecule has 0 bridgehead atoms. The summed E-state index contributed by atoms with van der Waals surface area (Å²) < 4.78 is 5.25. The van der Waals surface area contributed by atoms with E-state index in [9.17, 15) is 0 Å². The van der Waals surface area contributed by atoms with Crippen molar-refractivity contribution in [1.29, 1.82) is 0 Å². The second kappa shape index (κ2) is 8.89. The first-order valence-corrected chi connectivity index (χ1v) is 11.4. The van der Waals surface area contributed by atoms with Crippen LogP contribution in [-0.4, -0.2) is 24.1 Å². The molecule has 0 saturated carbocycles. The average molecular weight is 419 g/mol. The second-order valence-electron chi connectivity index (χ2n) is 6.74. The molecule has 3 nitrogen and oxygen atoms in total. The summed E-state index contributed by atoms with van der Waals surface area (Å²) in [7, 11) is 1.68. The topological polar surface area (TPSA) is 34.0 Å². The molecule has 146 valence electrons. The highest BCUT2D eigenvalue weighted by Gasteiger charge is 2.15. The van der Waals surface area contributed by atoms with Gasteiger partial charge >= 0.3 is 0 Å². The lowest BCUT2D eigenvalue weighted by molar-refractivity contribution is 0.414. The Morgan fingerprint density at radius 1 is 0.828 bits per heavy atom. The van der Waals surface area contributed by atoms with E-state index in [1.807, 2.05) is 12.1 Å². The minimum atomic E-state index is 0.750. The van der Waals surface area contributed by atoms with Gasteiger partial charge in [-0.1, -0.05) is 41.6 Å². The number of ether oxygens (including phenoxy) is 1. The van der Waals surface area contributed by atoms with E-state index in [4.69, 9.17) is 14.7 Å². The highest BCUT2D eigenvalue weighted by molar-refractivity contribution is 8.13. The molecule has 1 heterocycles. The summed E-state index contributed by atoms with van der Waals surface area (Å²) in [4.78, 5) is 12.2. The number of fused-ring (bicyclic) bond motifs is 1. The number of benzene rings is 3. The summed E-state index contributed by atoms with van der Waals surface area (Å²) in [5.74, 6) is 0.863. The van der Waals surface area contributed by atoms with Crippen LogP contribution in [0.25, 0.3) is 0 Å². The van der Waals surface area contributed by atoms with Gasteiger partial charge in [0.2, 0.25) is 0 Å². The molecular formula is C24H22N2OS2. The van der Waals surface area contributed by atoms with E-state index in [1.165, 1.54) is 5.56 Å². The van der Waals surface area contributed by atoms with Crippen LogP contribution in [0.15, 0.2) is 86.5 Å². The monoisotopic (exact) mass is 418 g/mol. The van der Waals surface area contributed by atoms with Gasteiger partial charge in [-0.05, 0) is 61.2 Å². The van der Waals surface area contributed by atoms with Crippen molar-refractivity contribution in [2.45, 2.75) is 23.1 Å². The third kappa shape index (κ3) is 4.74. The Hall–Kier alpha value is -2.50. The molecule has 0 saturated heterocycles. The largest absolute Gasteiger partial charge is 0.497 e. The van der Waals surface area contributed by atoms with E-state index >= 15 is 0 Å². The van der Waals surface area contributed by atoms with Crippen LogP contribution in [0.5, 0.6) is 5.75 Å². The Kier molecular flexibility index (Phi) is 6.07. The van der Waals surface area contributed by atoms with Gasteiger partial charge in [-0.2, -0.15) is 0 Å². The van der Waals surface area contributed by atoms with Gasteiger partial charge in [-0.15, -0.1) is 11.8 Å². The number of hydrogen-bond acceptors (Lipinski definition) is 5. The van der Waals surface area contributed by atoms with Gasteiger partial charge in [0.15, 0.2) is 0 Å². The summed E-state index contributed by atoms with van der Waals surface area (Å²) in [6, 6.07) is 23.0. The van der Waals surface area contributed by atoms with E-state index in [-0.39, 0.29) is 0 Å². The van der Waals surface area contributed by atoms with Gasteiger partial charge in [0.25, 0.3) is 0 Å². The van der Waals surface area contributed by atoms with Crippen LogP contribution < -0.4 is 4.74 Å². The second-order valence-corrected chi connectivity index (χ2v) is 8.77. The maximum Gasteiger partial charge on any atom is 0.118 e. The van der Waals surface area contributed by atoms with Crippen LogP contribution in [0.3, 0.4) is 0 Å². The molecule has 29 heavy (non-hydrogen) atoms. The van der Waals surface area contributed by atoms with Crippen LogP contribution in [0.2, 0.25) is 0 Å². The standard InChI is InChI=1S/C24H22N2OS2/c1-16-4-6-17(7-5-16)22-15-24(28-3)26-21-13-12-20(14-23(21)25-22)29-19-10-8-18(27-2)9-11-19/h4-14H,15H2,1-3H3. The van der Waals surface area contributed by atoms with Gasteiger partial charge in [-0.25, -0.2) is 4.99 Å². The predicted molar refractivity (Wildman–Crippen MR) is 126 cm³/mol. The molecule has 0 fully saturated rings. The van der Waals surface area contributed by atoms with Crippen molar-refractivity contribution in [2.75, 3.05) is 13.4 Å². The Morgan fingerprint density at radius 2 is 1.55 bits per heavy atom. The zero-order chi connectivity index (χ0) is 20.2. The lowest BCUT2D eigenvalue weighted by atomic mass is 10.1. The molecular weight excluding hydrogens is 396 g/mol. The molecule has 3 aromatic rings. The number of thioether (sulfide) groups is 1. The predicted octanol–water partition coefficient (Wildman–Crippen LogP) is 7.07. The molecule has 0 aliphatic carbocycles. The molecule has 4 rings (SSSR count). The smallest absolute Gasteiger partial charge is 0.118 e. The molecule has 0 aromatic heterocycles. The first kappa shape index (κ1) is 19.8. The zero-order valence-electron chi connectivity index (χ0n) is 16.7. The summed E-state index contributed by atoms with van der Waals surface area (Å²) in [6.07, 6.45) is 2.82. The minimum Gasteiger partial charge on any atom is -0.497 e. The van der Waals surface area contributed by atoms with Crippen LogP contribution in [-0.2, 0) is 0 Å². The van der Waals surface area contributed by atoms with E-state index in [0.717, 1.165) is 49.7 Å². The Labute approximate surface area is 180 Å². The maximum atomic E-state index is 5.25. The lowest BCUT2D eigenvalue weighted by Gasteiger charge is -2.07. The minimum absolute atomic E-state index is 0.750. The number of rotatable bonds is 4. The quantitative estimate of drug-likeness (QED) is 0.454. The summed E-state index contributed by atoms with van der Waals surface area (Å²) >= 11 is 3.40. The molecule has 0 N–H and O–H groups in total. The van der Waals surface area contributed by atoms with Gasteiger partial charge in [-0.3, -0.25) is 4.99 Å². The van der Waals surface area contributed by atoms with Crippen molar-refractivity contribution in [3.05, 3.63) is 77.9 Å². The van der Waals surface area contributed by atoms with Crippen molar-refractivity contribution in [2.24, 2.45) is 9.98 Å². The highest BCUT2D eigenvalue weighted by atomic mass is 32.2. The maximum absolute atomic E-state index is 5.25. The molecule has 1 aliphatic rings. The van der Waals surface area contributed by atoms with Crippen molar-refractivity contribution >= 4 is 45.7 Å². The molecule has 0 atom stereocenters. The van der Waals surface area contributed by atoms with Crippen molar-refractivity contribution in [3.63, 3.8) is 0 Å². The Balaban J connectivity index is 1.69. The third-order valence-electron chi connectivity index (χ3n) is 4.68. The molecule has 0 radical (unpaired) electrons. The number of methoxy groups -OCH3 is 1. The van der Waals surface area contributed by atoms with E-state index < -0.39 is 0 Å². The van der Waals surface area contributed by atoms with Gasteiger partial charge in [0.05, 0.1) is 29.2 Å². The number of aliphatic imine (C=N–C) groups is 2. The Bertz CT molecular complexity index is 1070. The Morgan fingerprint density at radius 3 is 2.24 bits per heavy atom. The molecule has 3 aromatic carbocycles. The first-order chi connectivity index (χ1) is 14.1. The molecule has 1 aliphatic heterocycles. The normalized spacial score (nSPS) is 13.2. The van der Waals surface area contributed by atoms with Crippen LogP contribution in [0.1, 0.15) is 17.5 Å². The fourth-order valence-electron chi connectivity index (χ4n) is 3.06. The number of hydrogen-bond donors (Lipinski definition) is 0. The summed E-state index contributed by atoms with van der Waals surface area (Å²) in [6.45, 7) is 2.10. The molecule has 0 unspecified atom stereocenters. The number of nitrogens with zero attached hydrogens (tertiary/aromatic N) is 2. The van der Waals surface area contributed by atoms with Crippen LogP contribution in [0.4, 0.5) is 11.4 Å². The molecule has 0 spiro atoms. The third-order valence-corrected chi connectivity index (χ3v) is 6.39. The fraction of sp³-hybridized carbons (Fsp3) is 0.167. The van der Waals surface area contributed by atoms with E-state index in [0.29, 0.717) is 0 Å². The highest BCUT2D eigenvalue weighted by Crippen LogP contribution is 2.38. The SMILES string of the molecule is COc1ccc(Sc2ccc3c(c2)N=C(c2ccc(C)cc2)CC(SC)=N3)cc1. The molecule has 5 heteroatoms. The zero-order valence-corrected chi connectivity index (χ0v) is 18.3. The van der Waals surface area contributed by atoms with Crippen molar-refractivity contribution in [3.8, 4) is 5.75 Å². The van der Waals surface area contributed by atoms with Gasteiger partial charge < -0.3 is 4.74 Å². The molecule has 0 amide bonds. The lowest BCUT2D eigenvalue weighted by Crippen LogP contribution is -2.05. The summed E-state index contributed by atoms with van der Waals surface area (Å²) in [5.41, 5.74) is 5.31. The van der Waals surface area contributed by atoms with Crippen molar-refractivity contribution < 1.29 is 4.74 Å². The van der Waals surface area contributed by atoms with E-state index in [2.05, 4.69) is 67.8 Å². The summed E-state index contributed by atoms with van der Waals surface area (Å²) in [5, 5.41) is 1.08. The van der Waals surface area contributed by atoms with Crippen molar-refractivity contribution in [1.82, 2.24) is 0 Å². The fourth-order valence-corrected chi connectivity index (χ4v) is 4.38.